The molecule has 6 nitrogen and oxygen atoms in total. The second-order valence-corrected chi connectivity index (χ2v) is 5.28. The number of rotatable bonds is 6. The largest absolute Gasteiger partial charge is 0.363 e. The minimum Gasteiger partial charge on any atom is -0.363 e. The lowest BCUT2D eigenvalue weighted by atomic mass is 9.84. The van der Waals surface area contributed by atoms with Crippen molar-refractivity contribution in [3.05, 3.63) is 12.3 Å². The van der Waals surface area contributed by atoms with Crippen LogP contribution in [-0.2, 0) is 9.59 Å². The molecule has 20 heavy (non-hydrogen) atoms. The van der Waals surface area contributed by atoms with Gasteiger partial charge < -0.3 is 14.7 Å². The van der Waals surface area contributed by atoms with Crippen molar-refractivity contribution in [2.24, 2.45) is 5.92 Å². The molecule has 1 aromatic heterocycles. The van der Waals surface area contributed by atoms with Crippen LogP contribution in [0.3, 0.4) is 0 Å². The average Bonchev–Trinajstić information content (AvgIpc) is 2.85. The average molecular weight is 279 g/mol. The van der Waals surface area contributed by atoms with Gasteiger partial charge in [0, 0.05) is 18.0 Å². The summed E-state index contributed by atoms with van der Waals surface area (Å²) in [5.41, 5.74) is 0. The molecule has 1 aromatic rings. The summed E-state index contributed by atoms with van der Waals surface area (Å²) < 4.78 is 4.66. The number of hydrogen-bond donors (Lipinski definition) is 1. The van der Waals surface area contributed by atoms with Gasteiger partial charge in [-0.05, 0) is 26.2 Å². The van der Waals surface area contributed by atoms with Crippen LogP contribution < -0.4 is 5.32 Å². The fourth-order valence-electron chi connectivity index (χ4n) is 2.18. The Bertz CT molecular complexity index is 454. The Morgan fingerprint density at radius 3 is 2.80 bits per heavy atom. The molecule has 1 fully saturated rings. The van der Waals surface area contributed by atoms with E-state index in [4.69, 9.17) is 0 Å². The van der Waals surface area contributed by atoms with E-state index in [1.54, 1.807) is 11.0 Å². The maximum absolute atomic E-state index is 12.4. The van der Waals surface area contributed by atoms with E-state index in [-0.39, 0.29) is 30.3 Å². The van der Waals surface area contributed by atoms with Gasteiger partial charge in [0.15, 0.2) is 5.82 Å². The van der Waals surface area contributed by atoms with Crippen LogP contribution in [0, 0.1) is 5.92 Å². The van der Waals surface area contributed by atoms with Gasteiger partial charge in [-0.2, -0.15) is 0 Å². The van der Waals surface area contributed by atoms with Crippen molar-refractivity contribution in [1.29, 1.82) is 0 Å². The minimum absolute atomic E-state index is 0.0613. The van der Waals surface area contributed by atoms with Crippen LogP contribution in [0.4, 0.5) is 5.82 Å². The predicted octanol–water partition coefficient (Wildman–Crippen LogP) is 2.04. The SMILES string of the molecule is CCC(C)N(CC(=O)Nc1ccon1)C(=O)C1CCC1. The maximum atomic E-state index is 12.4. The molecule has 2 amide bonds. The molecular formula is C14H21N3O3. The van der Waals surface area contributed by atoms with Gasteiger partial charge in [-0.15, -0.1) is 0 Å². The van der Waals surface area contributed by atoms with Crippen molar-refractivity contribution < 1.29 is 14.1 Å². The molecule has 2 rings (SSSR count). The molecule has 1 aliphatic rings. The summed E-state index contributed by atoms with van der Waals surface area (Å²) in [5, 5.41) is 6.25. The van der Waals surface area contributed by atoms with Crippen molar-refractivity contribution in [2.45, 2.75) is 45.6 Å². The molecule has 110 valence electrons. The van der Waals surface area contributed by atoms with E-state index in [0.29, 0.717) is 5.82 Å². The van der Waals surface area contributed by atoms with E-state index in [2.05, 4.69) is 15.0 Å². The number of carbonyl (C=O) groups is 2. The zero-order valence-electron chi connectivity index (χ0n) is 12.0. The Kier molecular flexibility index (Phi) is 4.76. The fourth-order valence-corrected chi connectivity index (χ4v) is 2.18. The molecule has 6 heteroatoms. The summed E-state index contributed by atoms with van der Waals surface area (Å²) in [5.74, 6) is 0.326. The maximum Gasteiger partial charge on any atom is 0.245 e. The topological polar surface area (TPSA) is 75.4 Å². The smallest absolute Gasteiger partial charge is 0.245 e. The van der Waals surface area contributed by atoms with Gasteiger partial charge in [0.2, 0.25) is 11.8 Å². The molecule has 1 heterocycles. The third-order valence-electron chi connectivity index (χ3n) is 3.88. The van der Waals surface area contributed by atoms with Crippen LogP contribution >= 0.6 is 0 Å². The van der Waals surface area contributed by atoms with E-state index >= 15 is 0 Å². The third kappa shape index (κ3) is 3.37. The molecule has 1 aliphatic carbocycles. The molecule has 1 saturated carbocycles. The second kappa shape index (κ2) is 6.54. The summed E-state index contributed by atoms with van der Waals surface area (Å²) >= 11 is 0. The zero-order valence-corrected chi connectivity index (χ0v) is 12.0. The Balaban J connectivity index is 1.95. The first-order valence-corrected chi connectivity index (χ1v) is 7.12. The van der Waals surface area contributed by atoms with Crippen molar-refractivity contribution in [2.75, 3.05) is 11.9 Å². The molecule has 0 bridgehead atoms. The molecular weight excluding hydrogens is 258 g/mol. The summed E-state index contributed by atoms with van der Waals surface area (Å²) in [6, 6.07) is 1.63. The quantitative estimate of drug-likeness (QED) is 0.864. The van der Waals surface area contributed by atoms with Crippen molar-refractivity contribution in [1.82, 2.24) is 10.1 Å². The number of carbonyl (C=O) groups excluding carboxylic acids is 2. The third-order valence-corrected chi connectivity index (χ3v) is 3.88. The van der Waals surface area contributed by atoms with Crippen LogP contribution in [0.15, 0.2) is 16.9 Å². The van der Waals surface area contributed by atoms with E-state index in [1.807, 2.05) is 13.8 Å². The van der Waals surface area contributed by atoms with Crippen molar-refractivity contribution in [3.63, 3.8) is 0 Å². The number of amides is 2. The van der Waals surface area contributed by atoms with Gasteiger partial charge in [0.25, 0.3) is 0 Å². The Morgan fingerprint density at radius 1 is 1.55 bits per heavy atom. The number of nitrogens with one attached hydrogen (secondary N) is 1. The molecule has 1 atom stereocenters. The highest BCUT2D eigenvalue weighted by Gasteiger charge is 2.32. The zero-order chi connectivity index (χ0) is 14.5. The summed E-state index contributed by atoms with van der Waals surface area (Å²) in [4.78, 5) is 26.0. The van der Waals surface area contributed by atoms with E-state index in [0.717, 1.165) is 25.7 Å². The van der Waals surface area contributed by atoms with Gasteiger partial charge in [-0.3, -0.25) is 9.59 Å². The molecule has 0 spiro atoms. The number of anilines is 1. The molecule has 0 aromatic carbocycles. The first-order chi connectivity index (χ1) is 9.61. The molecule has 1 N–H and O–H groups in total. The highest BCUT2D eigenvalue weighted by molar-refractivity contribution is 5.94. The van der Waals surface area contributed by atoms with Gasteiger partial charge in [-0.1, -0.05) is 18.5 Å². The van der Waals surface area contributed by atoms with Crippen LogP contribution in [-0.4, -0.2) is 34.5 Å². The van der Waals surface area contributed by atoms with Gasteiger partial charge >= 0.3 is 0 Å². The minimum atomic E-state index is -0.244. The second-order valence-electron chi connectivity index (χ2n) is 5.28. The van der Waals surface area contributed by atoms with E-state index in [1.165, 1.54) is 6.26 Å². The highest BCUT2D eigenvalue weighted by Crippen LogP contribution is 2.29. The summed E-state index contributed by atoms with van der Waals surface area (Å²) in [6.45, 7) is 4.05. The summed E-state index contributed by atoms with van der Waals surface area (Å²) in [7, 11) is 0. The molecule has 1 unspecified atom stereocenters. The van der Waals surface area contributed by atoms with Crippen molar-refractivity contribution in [3.8, 4) is 0 Å². The Morgan fingerprint density at radius 2 is 2.30 bits per heavy atom. The van der Waals surface area contributed by atoms with Gasteiger partial charge in [-0.25, -0.2) is 0 Å². The van der Waals surface area contributed by atoms with Crippen LogP contribution in [0.5, 0.6) is 0 Å². The lowest BCUT2D eigenvalue weighted by molar-refractivity contribution is -0.142. The first kappa shape index (κ1) is 14.6. The highest BCUT2D eigenvalue weighted by atomic mass is 16.5. The van der Waals surface area contributed by atoms with Crippen LogP contribution in [0.25, 0.3) is 0 Å². The molecule has 0 saturated heterocycles. The van der Waals surface area contributed by atoms with Crippen molar-refractivity contribution >= 4 is 17.6 Å². The standard InChI is InChI=1S/C14H21N3O3/c1-3-10(2)17(14(19)11-5-4-6-11)9-13(18)15-12-7-8-20-16-12/h7-8,10-11H,3-6,9H2,1-2H3,(H,15,16,18). The molecule has 0 radical (unpaired) electrons. The van der Waals surface area contributed by atoms with E-state index < -0.39 is 0 Å². The Labute approximate surface area is 118 Å². The fraction of sp³-hybridized carbons (Fsp3) is 0.643. The lowest BCUT2D eigenvalue weighted by Gasteiger charge is -2.34. The lowest BCUT2D eigenvalue weighted by Crippen LogP contribution is -2.47. The number of hydrogen-bond acceptors (Lipinski definition) is 4. The predicted molar refractivity (Wildman–Crippen MR) is 73.9 cm³/mol. The number of nitrogens with zero attached hydrogens (tertiary/aromatic N) is 2. The Hall–Kier alpha value is -1.85. The van der Waals surface area contributed by atoms with Gasteiger partial charge in [0.1, 0.15) is 12.8 Å². The molecule has 0 aliphatic heterocycles. The summed E-state index contributed by atoms with van der Waals surface area (Å²) in [6.07, 6.45) is 5.21. The van der Waals surface area contributed by atoms with E-state index in [9.17, 15) is 9.59 Å². The van der Waals surface area contributed by atoms with Crippen LogP contribution in [0.1, 0.15) is 39.5 Å². The van der Waals surface area contributed by atoms with Gasteiger partial charge in [0.05, 0.1) is 0 Å². The monoisotopic (exact) mass is 279 g/mol. The first-order valence-electron chi connectivity index (χ1n) is 7.12. The number of aromatic nitrogens is 1. The normalized spacial score (nSPS) is 16.3. The van der Waals surface area contributed by atoms with Crippen LogP contribution in [0.2, 0.25) is 0 Å².